The molecular formula is C30H52N20O5S2. The van der Waals surface area contributed by atoms with Crippen LogP contribution in [0.25, 0.3) is 0 Å². The van der Waals surface area contributed by atoms with Crippen molar-refractivity contribution in [2.24, 2.45) is 56.1 Å². The van der Waals surface area contributed by atoms with Gasteiger partial charge in [0, 0.05) is 71.5 Å². The summed E-state index contributed by atoms with van der Waals surface area (Å²) in [6, 6.07) is 0. The summed E-state index contributed by atoms with van der Waals surface area (Å²) in [6.45, 7) is 11.6. The van der Waals surface area contributed by atoms with Gasteiger partial charge in [0.15, 0.2) is 12.2 Å². The number of nitrogens with zero attached hydrogens (tertiary/aromatic N) is 19. The second kappa shape index (κ2) is 30.5. The van der Waals surface area contributed by atoms with E-state index >= 15 is 0 Å². The van der Waals surface area contributed by atoms with Crippen molar-refractivity contribution in [3.05, 3.63) is 29.5 Å². The lowest BCUT2D eigenvalue weighted by Gasteiger charge is -1.98. The summed E-state index contributed by atoms with van der Waals surface area (Å²) in [5.74, 6) is 3.26. The van der Waals surface area contributed by atoms with E-state index in [4.69, 9.17) is 4.74 Å². The van der Waals surface area contributed by atoms with Gasteiger partial charge in [-0.15, -0.1) is 27.1 Å². The van der Waals surface area contributed by atoms with Crippen LogP contribution in [-0.2, 0) is 40.3 Å². The molecule has 1 N–H and O–H groups in total. The maximum Gasteiger partial charge on any atom is 0.342 e. The molecule has 0 spiro atoms. The van der Waals surface area contributed by atoms with Crippen LogP contribution < -0.4 is 5.69 Å². The number of nitrogens with one attached hydrogen (secondary N) is 1. The second-order valence-electron chi connectivity index (χ2n) is 11.2. The Kier molecular flexibility index (Phi) is 26.4. The molecule has 0 saturated carbocycles. The van der Waals surface area contributed by atoms with E-state index in [9.17, 15) is 14.4 Å². The third-order valence-electron chi connectivity index (χ3n) is 6.28. The van der Waals surface area contributed by atoms with Gasteiger partial charge < -0.3 is 9.57 Å². The number of aromatic amines is 1. The first-order valence-electron chi connectivity index (χ1n) is 17.2. The van der Waals surface area contributed by atoms with E-state index in [-0.39, 0.29) is 24.0 Å². The van der Waals surface area contributed by atoms with Gasteiger partial charge in [0.1, 0.15) is 32.4 Å². The SMILES string of the molecule is CC1=NCCO1.CC1=NCCS1.CC1=NOCC1.CC1=NSCC1.CN1N=CCC1=O.CN1N=NCC1=O.Cn1cn[nH]c1=O.Cn1cnnn1.Cn1ncnn1. The number of hydrogen-bond donors (Lipinski definition) is 1. The minimum atomic E-state index is -0.181. The predicted octanol–water partition coefficient (Wildman–Crippen LogP) is 1.06. The van der Waals surface area contributed by atoms with Crippen LogP contribution >= 0.6 is 23.7 Å². The van der Waals surface area contributed by atoms with Crippen molar-refractivity contribution < 1.29 is 19.2 Å². The number of H-pyrrole nitrogens is 1. The third-order valence-corrected chi connectivity index (χ3v) is 8.05. The fourth-order valence-corrected chi connectivity index (χ4v) is 4.63. The lowest BCUT2D eigenvalue weighted by Crippen LogP contribution is -2.16. The number of amides is 2. The van der Waals surface area contributed by atoms with E-state index in [1.54, 1.807) is 53.4 Å². The molecule has 314 valence electrons. The van der Waals surface area contributed by atoms with E-state index in [2.05, 4.69) is 94.8 Å². The van der Waals surface area contributed by atoms with E-state index in [1.807, 2.05) is 25.6 Å². The maximum absolute atomic E-state index is 10.4. The zero-order valence-electron chi connectivity index (χ0n) is 33.7. The number of hydrazone groups is 1. The molecule has 3 aromatic heterocycles. The molecule has 0 bridgehead atoms. The average molecular weight is 837 g/mol. The second-order valence-corrected chi connectivity index (χ2v) is 13.4. The van der Waals surface area contributed by atoms with Crippen LogP contribution in [-0.4, -0.2) is 164 Å². The summed E-state index contributed by atoms with van der Waals surface area (Å²) in [5, 5.41) is 44.4. The van der Waals surface area contributed by atoms with Crippen molar-refractivity contribution >= 4 is 64.1 Å². The number of carbonyl (C=O) groups is 2. The number of aryl methyl sites for hydroxylation is 3. The van der Waals surface area contributed by atoms with Crippen LogP contribution in [0.5, 0.6) is 0 Å². The summed E-state index contributed by atoms with van der Waals surface area (Å²) in [4.78, 5) is 45.0. The molecular weight excluding hydrogens is 785 g/mol. The molecule has 0 unspecified atom stereocenters. The topological polar surface area (TPSA) is 283 Å². The van der Waals surface area contributed by atoms with Crippen LogP contribution in [0.2, 0.25) is 0 Å². The van der Waals surface area contributed by atoms with Crippen molar-refractivity contribution in [1.82, 2.24) is 65.2 Å². The molecule has 2 amide bonds. The minimum absolute atomic E-state index is 0.0417. The standard InChI is InChI=1S/C4H6N2O.2C4H7NO.2C4H7NS.2C3H5N3O.2C2H4N4/c1-6-4(7)2-3-5-6;1-4-5-2-3-6-4;1-4-2-3-6-5-4;1-4-5-2-3-6-4;1-4-2-3-6-5-4;1-6-2-4-5-3(6)7;1-6-3(7)2-4-5-6;1-6-2-3-4-5-6;1-6-4-2-3-5-6/h3H,2H2,1H3;4*2-3H2,1H3;2H,1H3,(H,5,7);2H2,1H3;2*2H,1H3. The van der Waals surface area contributed by atoms with Crippen molar-refractivity contribution in [2.75, 3.05) is 58.4 Å². The normalized spacial score (nSPS) is 16.3. The Bertz CT molecular complexity index is 1640. The fraction of sp³-hybridized carbons (Fsp3) is 0.633. The highest BCUT2D eigenvalue weighted by Crippen LogP contribution is 2.13. The third kappa shape index (κ3) is 26.7. The first kappa shape index (κ1) is 49.3. The van der Waals surface area contributed by atoms with E-state index < -0.39 is 0 Å². The number of carbonyl (C=O) groups excluding carboxylic acids is 2. The molecule has 57 heavy (non-hydrogen) atoms. The predicted molar refractivity (Wildman–Crippen MR) is 218 cm³/mol. The molecule has 27 heteroatoms. The number of tetrazole rings is 2. The van der Waals surface area contributed by atoms with Crippen molar-refractivity contribution in [3.63, 3.8) is 0 Å². The summed E-state index contributed by atoms with van der Waals surface area (Å²) in [7, 11) is 8.34. The van der Waals surface area contributed by atoms with Crippen LogP contribution in [0.15, 0.2) is 58.8 Å². The van der Waals surface area contributed by atoms with E-state index in [0.29, 0.717) is 6.42 Å². The van der Waals surface area contributed by atoms with Crippen molar-refractivity contribution in [2.45, 2.75) is 47.0 Å². The Morgan fingerprint density at radius 2 is 1.61 bits per heavy atom. The Morgan fingerprint density at radius 1 is 0.825 bits per heavy atom. The molecule has 0 aliphatic carbocycles. The van der Waals surface area contributed by atoms with Crippen LogP contribution in [0.1, 0.15) is 47.0 Å². The molecule has 0 fully saturated rings. The van der Waals surface area contributed by atoms with Gasteiger partial charge in [0.05, 0.1) is 30.8 Å². The quantitative estimate of drug-likeness (QED) is 0.310. The molecule has 0 atom stereocenters. The largest absolute Gasteiger partial charge is 0.479 e. The van der Waals surface area contributed by atoms with Crippen LogP contribution in [0, 0.1) is 0 Å². The average Bonchev–Trinajstić information content (AvgIpc) is 4.01. The summed E-state index contributed by atoms with van der Waals surface area (Å²) in [5.41, 5.74) is 2.22. The first-order chi connectivity index (χ1) is 27.3. The number of thioether (sulfide) groups is 1. The van der Waals surface area contributed by atoms with Gasteiger partial charge in [-0.2, -0.15) is 20.1 Å². The summed E-state index contributed by atoms with van der Waals surface area (Å²) in [6.07, 6.45) is 8.62. The van der Waals surface area contributed by atoms with E-state index in [0.717, 1.165) is 44.3 Å². The lowest BCUT2D eigenvalue weighted by atomic mass is 10.3. The molecule has 6 aliphatic rings. The number of hydrogen-bond acceptors (Lipinski definition) is 21. The van der Waals surface area contributed by atoms with Gasteiger partial charge in [-0.25, -0.2) is 29.0 Å². The number of oxime groups is 1. The minimum Gasteiger partial charge on any atom is -0.479 e. The van der Waals surface area contributed by atoms with E-state index in [1.165, 1.54) is 71.7 Å². The van der Waals surface area contributed by atoms with Gasteiger partial charge in [-0.1, -0.05) is 10.4 Å². The maximum atomic E-state index is 10.4. The molecule has 25 nitrogen and oxygen atoms in total. The Morgan fingerprint density at radius 3 is 1.77 bits per heavy atom. The number of ether oxygens (including phenoxy) is 1. The highest BCUT2D eigenvalue weighted by Gasteiger charge is 2.11. The fourth-order valence-electron chi connectivity index (χ4n) is 3.18. The van der Waals surface area contributed by atoms with Gasteiger partial charge >= 0.3 is 5.69 Å². The summed E-state index contributed by atoms with van der Waals surface area (Å²) >= 11 is 3.52. The van der Waals surface area contributed by atoms with Crippen LogP contribution in [0.4, 0.5) is 0 Å². The number of rotatable bonds is 0. The van der Waals surface area contributed by atoms with Gasteiger partial charge in [0.25, 0.3) is 5.91 Å². The smallest absolute Gasteiger partial charge is 0.342 e. The zero-order chi connectivity index (χ0) is 42.3. The lowest BCUT2D eigenvalue weighted by molar-refractivity contribution is -0.127. The highest BCUT2D eigenvalue weighted by molar-refractivity contribution is 8.14. The molecule has 0 aromatic carbocycles. The monoisotopic (exact) mass is 836 g/mol. The Labute approximate surface area is 338 Å². The number of aliphatic imine (C=N–C) groups is 2. The number of likely N-dealkylation sites (N-methyl/N-ethyl adjacent to an activating group) is 1. The summed E-state index contributed by atoms with van der Waals surface area (Å²) < 4.78 is 11.9. The Balaban J connectivity index is 0.000000321. The molecule has 3 aromatic rings. The van der Waals surface area contributed by atoms with Crippen molar-refractivity contribution in [3.8, 4) is 0 Å². The van der Waals surface area contributed by atoms with Gasteiger partial charge in [-0.05, 0) is 54.8 Å². The van der Waals surface area contributed by atoms with Crippen LogP contribution in [0.3, 0.4) is 0 Å². The highest BCUT2D eigenvalue weighted by atomic mass is 32.2. The molecule has 6 aliphatic heterocycles. The zero-order valence-corrected chi connectivity index (χ0v) is 35.4. The van der Waals surface area contributed by atoms with Gasteiger partial charge in [-0.3, -0.25) is 24.1 Å². The molecule has 9 heterocycles. The molecule has 0 saturated heterocycles. The first-order valence-corrected chi connectivity index (χ1v) is 19.1. The van der Waals surface area contributed by atoms with Gasteiger partial charge in [0.2, 0.25) is 5.91 Å². The Hall–Kier alpha value is -5.73. The number of aromatic nitrogens is 11. The van der Waals surface area contributed by atoms with Crippen molar-refractivity contribution in [1.29, 1.82) is 0 Å². The molecule has 0 radical (unpaired) electrons. The molecule has 9 rings (SSSR count).